The smallest absolute Gasteiger partial charge is 0.230 e. The van der Waals surface area contributed by atoms with Gasteiger partial charge in [0.1, 0.15) is 0 Å². The van der Waals surface area contributed by atoms with Gasteiger partial charge in [-0.25, -0.2) is 0 Å². The highest BCUT2D eigenvalue weighted by molar-refractivity contribution is 7.99. The zero-order valence-corrected chi connectivity index (χ0v) is 18.5. The van der Waals surface area contributed by atoms with Crippen molar-refractivity contribution >= 4 is 29.3 Å². The molecule has 7 heteroatoms. The van der Waals surface area contributed by atoms with Crippen molar-refractivity contribution in [3.05, 3.63) is 77.8 Å². The first kappa shape index (κ1) is 22.1. The van der Waals surface area contributed by atoms with E-state index in [2.05, 4.69) is 41.1 Å². The van der Waals surface area contributed by atoms with Crippen molar-refractivity contribution in [2.45, 2.75) is 31.0 Å². The normalized spacial score (nSPS) is 11.8. The van der Waals surface area contributed by atoms with Gasteiger partial charge in [-0.15, -0.1) is 16.8 Å². The van der Waals surface area contributed by atoms with E-state index in [4.69, 9.17) is 11.6 Å². The maximum Gasteiger partial charge on any atom is 0.230 e. The van der Waals surface area contributed by atoms with Crippen LogP contribution in [0.2, 0.25) is 5.02 Å². The molecule has 0 unspecified atom stereocenters. The van der Waals surface area contributed by atoms with Gasteiger partial charge < -0.3 is 5.32 Å². The second kappa shape index (κ2) is 11.0. The highest BCUT2D eigenvalue weighted by Gasteiger charge is 2.16. The van der Waals surface area contributed by atoms with Crippen LogP contribution in [-0.2, 0) is 11.3 Å². The quantitative estimate of drug-likeness (QED) is 0.348. The number of hydrogen-bond acceptors (Lipinski definition) is 4. The van der Waals surface area contributed by atoms with Gasteiger partial charge in [0.15, 0.2) is 11.0 Å². The standard InChI is InChI=1S/C23H25ClN4OS/c1-3-14-28-22(19-10-12-20(24)13-11-19)26-27-23(28)30-16-21(29)25-15-17(4-2)18-8-6-5-7-9-18/h3,5-13,17H,1,4,14-16H2,2H3,(H,25,29)/t17-/m1/s1. The fourth-order valence-corrected chi connectivity index (χ4v) is 4.05. The molecule has 3 aromatic rings. The predicted molar refractivity (Wildman–Crippen MR) is 124 cm³/mol. The molecule has 0 fully saturated rings. The van der Waals surface area contributed by atoms with Crippen LogP contribution in [0.4, 0.5) is 0 Å². The Labute approximate surface area is 186 Å². The van der Waals surface area contributed by atoms with Crippen LogP contribution in [0.5, 0.6) is 0 Å². The summed E-state index contributed by atoms with van der Waals surface area (Å²) in [6, 6.07) is 17.7. The van der Waals surface area contributed by atoms with Crippen LogP contribution in [0.1, 0.15) is 24.8 Å². The molecule has 5 nitrogen and oxygen atoms in total. The third-order valence-corrected chi connectivity index (χ3v) is 5.99. The fourth-order valence-electron chi connectivity index (χ4n) is 3.14. The molecule has 0 radical (unpaired) electrons. The van der Waals surface area contributed by atoms with E-state index in [1.54, 1.807) is 6.08 Å². The largest absolute Gasteiger partial charge is 0.355 e. The second-order valence-corrected chi connectivity index (χ2v) is 8.20. The Kier molecular flexibility index (Phi) is 8.11. The summed E-state index contributed by atoms with van der Waals surface area (Å²) in [6.45, 7) is 7.13. The molecule has 1 N–H and O–H groups in total. The third kappa shape index (κ3) is 5.74. The van der Waals surface area contributed by atoms with Crippen LogP contribution in [0.3, 0.4) is 0 Å². The number of allylic oxidation sites excluding steroid dienone is 1. The number of halogens is 1. The van der Waals surface area contributed by atoms with Crippen molar-refractivity contribution in [2.75, 3.05) is 12.3 Å². The van der Waals surface area contributed by atoms with Crippen LogP contribution in [0.25, 0.3) is 11.4 Å². The van der Waals surface area contributed by atoms with Crippen LogP contribution < -0.4 is 5.32 Å². The fraction of sp³-hybridized carbons (Fsp3) is 0.261. The molecule has 1 amide bonds. The molecule has 30 heavy (non-hydrogen) atoms. The number of benzene rings is 2. The van der Waals surface area contributed by atoms with Crippen molar-refractivity contribution in [1.29, 1.82) is 0 Å². The summed E-state index contributed by atoms with van der Waals surface area (Å²) in [5.74, 6) is 1.29. The maximum atomic E-state index is 12.4. The summed E-state index contributed by atoms with van der Waals surface area (Å²) in [5.41, 5.74) is 2.16. The molecule has 0 bridgehead atoms. The predicted octanol–water partition coefficient (Wildman–Crippen LogP) is 5.19. The summed E-state index contributed by atoms with van der Waals surface area (Å²) in [6.07, 6.45) is 2.76. The average molecular weight is 441 g/mol. The molecule has 1 aromatic heterocycles. The second-order valence-electron chi connectivity index (χ2n) is 6.82. The molecular weight excluding hydrogens is 416 g/mol. The number of nitrogens with zero attached hydrogens (tertiary/aromatic N) is 3. The topological polar surface area (TPSA) is 59.8 Å². The zero-order chi connectivity index (χ0) is 21.3. The Balaban J connectivity index is 1.61. The van der Waals surface area contributed by atoms with E-state index in [1.165, 1.54) is 17.3 Å². The molecule has 0 aliphatic heterocycles. The minimum absolute atomic E-state index is 0.0180. The summed E-state index contributed by atoms with van der Waals surface area (Å²) in [4.78, 5) is 12.4. The monoisotopic (exact) mass is 440 g/mol. The highest BCUT2D eigenvalue weighted by atomic mass is 35.5. The minimum atomic E-state index is -0.0180. The van der Waals surface area contributed by atoms with E-state index in [-0.39, 0.29) is 11.7 Å². The van der Waals surface area contributed by atoms with Crippen LogP contribution in [0.15, 0.2) is 72.4 Å². The van der Waals surface area contributed by atoms with Gasteiger partial charge in [-0.3, -0.25) is 9.36 Å². The third-order valence-electron chi connectivity index (χ3n) is 4.77. The number of thioether (sulfide) groups is 1. The number of hydrogen-bond donors (Lipinski definition) is 1. The van der Waals surface area contributed by atoms with Crippen LogP contribution in [0, 0.1) is 0 Å². The number of carbonyl (C=O) groups excluding carboxylic acids is 1. The lowest BCUT2D eigenvalue weighted by atomic mass is 9.96. The Morgan fingerprint density at radius 1 is 1.20 bits per heavy atom. The Bertz CT molecular complexity index is 973. The summed E-state index contributed by atoms with van der Waals surface area (Å²) in [5, 5.41) is 13.0. The van der Waals surface area contributed by atoms with E-state index in [9.17, 15) is 4.79 Å². The average Bonchev–Trinajstić information content (AvgIpc) is 3.17. The highest BCUT2D eigenvalue weighted by Crippen LogP contribution is 2.25. The molecule has 0 saturated heterocycles. The molecule has 3 rings (SSSR count). The molecule has 0 spiro atoms. The van der Waals surface area contributed by atoms with Gasteiger partial charge in [0.2, 0.25) is 5.91 Å². The first-order valence-corrected chi connectivity index (χ1v) is 11.2. The van der Waals surface area contributed by atoms with Crippen LogP contribution in [-0.4, -0.2) is 33.0 Å². The number of rotatable bonds is 10. The van der Waals surface area contributed by atoms with Crippen molar-refractivity contribution in [1.82, 2.24) is 20.1 Å². The van der Waals surface area contributed by atoms with E-state index in [0.29, 0.717) is 29.2 Å². The zero-order valence-electron chi connectivity index (χ0n) is 16.9. The SMILES string of the molecule is C=CCn1c(SCC(=O)NC[C@@H](CC)c2ccccc2)nnc1-c1ccc(Cl)cc1. The summed E-state index contributed by atoms with van der Waals surface area (Å²) >= 11 is 7.36. The number of aromatic nitrogens is 3. The van der Waals surface area contributed by atoms with Gasteiger partial charge in [0.25, 0.3) is 0 Å². The van der Waals surface area contributed by atoms with Crippen LogP contribution >= 0.6 is 23.4 Å². The van der Waals surface area contributed by atoms with E-state index in [1.807, 2.05) is 47.0 Å². The Hall–Kier alpha value is -2.57. The van der Waals surface area contributed by atoms with Gasteiger partial charge in [-0.05, 0) is 36.2 Å². The van der Waals surface area contributed by atoms with Gasteiger partial charge in [0.05, 0.1) is 5.75 Å². The summed E-state index contributed by atoms with van der Waals surface area (Å²) in [7, 11) is 0. The van der Waals surface area contributed by atoms with E-state index >= 15 is 0 Å². The van der Waals surface area contributed by atoms with Crippen molar-refractivity contribution < 1.29 is 4.79 Å². The Morgan fingerprint density at radius 3 is 2.60 bits per heavy atom. The summed E-state index contributed by atoms with van der Waals surface area (Å²) < 4.78 is 1.95. The first-order chi connectivity index (χ1) is 14.6. The van der Waals surface area contributed by atoms with Crippen molar-refractivity contribution in [3.63, 3.8) is 0 Å². The van der Waals surface area contributed by atoms with Gasteiger partial charge >= 0.3 is 0 Å². The number of nitrogens with one attached hydrogen (secondary N) is 1. The molecule has 156 valence electrons. The molecule has 0 aliphatic rings. The lowest BCUT2D eigenvalue weighted by molar-refractivity contribution is -0.118. The maximum absolute atomic E-state index is 12.4. The molecule has 0 saturated carbocycles. The van der Waals surface area contributed by atoms with E-state index < -0.39 is 0 Å². The van der Waals surface area contributed by atoms with Crippen molar-refractivity contribution in [2.24, 2.45) is 0 Å². The lowest BCUT2D eigenvalue weighted by Gasteiger charge is -2.16. The van der Waals surface area contributed by atoms with Gasteiger partial charge in [0, 0.05) is 29.6 Å². The van der Waals surface area contributed by atoms with Gasteiger partial charge in [-0.1, -0.05) is 66.7 Å². The van der Waals surface area contributed by atoms with E-state index in [0.717, 1.165) is 17.8 Å². The lowest BCUT2D eigenvalue weighted by Crippen LogP contribution is -2.29. The molecule has 2 aromatic carbocycles. The first-order valence-electron chi connectivity index (χ1n) is 9.86. The molecule has 1 heterocycles. The Morgan fingerprint density at radius 2 is 1.93 bits per heavy atom. The molecular formula is C23H25ClN4OS. The van der Waals surface area contributed by atoms with Gasteiger partial charge in [-0.2, -0.15) is 0 Å². The number of carbonyl (C=O) groups is 1. The molecule has 0 aliphatic carbocycles. The van der Waals surface area contributed by atoms with Crippen molar-refractivity contribution in [3.8, 4) is 11.4 Å². The molecule has 1 atom stereocenters. The number of amides is 1. The minimum Gasteiger partial charge on any atom is -0.355 e.